The second-order valence-electron chi connectivity index (χ2n) is 6.21. The summed E-state index contributed by atoms with van der Waals surface area (Å²) < 4.78 is 0. The van der Waals surface area contributed by atoms with E-state index in [1.807, 2.05) is 12.1 Å². The van der Waals surface area contributed by atoms with Gasteiger partial charge in [-0.25, -0.2) is 0 Å². The fourth-order valence-electron chi connectivity index (χ4n) is 2.37. The van der Waals surface area contributed by atoms with Gasteiger partial charge >= 0.3 is 0 Å². The minimum Gasteiger partial charge on any atom is -0.379 e. The van der Waals surface area contributed by atoms with Crippen LogP contribution in [0.1, 0.15) is 50.5 Å². The van der Waals surface area contributed by atoms with Crippen LogP contribution in [0.15, 0.2) is 18.2 Å². The van der Waals surface area contributed by atoms with E-state index in [1.165, 1.54) is 5.56 Å². The summed E-state index contributed by atoms with van der Waals surface area (Å²) in [6.07, 6.45) is 1.00. The van der Waals surface area contributed by atoms with Gasteiger partial charge in [-0.15, -0.1) is 0 Å². The first-order chi connectivity index (χ1) is 7.74. The molecule has 0 atom stereocenters. The third-order valence-electron chi connectivity index (χ3n) is 4.29. The third kappa shape index (κ3) is 1.86. The molecule has 0 radical (unpaired) electrons. The highest BCUT2D eigenvalue weighted by molar-refractivity contribution is 6.00. The van der Waals surface area contributed by atoms with Crippen molar-refractivity contribution >= 4 is 11.5 Å². The molecule has 1 aromatic carbocycles. The summed E-state index contributed by atoms with van der Waals surface area (Å²) in [7, 11) is 0. The molecule has 0 aliphatic carbocycles. The van der Waals surface area contributed by atoms with E-state index in [4.69, 9.17) is 0 Å². The van der Waals surface area contributed by atoms with Crippen molar-refractivity contribution in [2.45, 2.75) is 46.6 Å². The van der Waals surface area contributed by atoms with E-state index < -0.39 is 0 Å². The molecule has 1 aliphatic heterocycles. The van der Waals surface area contributed by atoms with Gasteiger partial charge in [0.1, 0.15) is 0 Å². The Bertz CT molecular complexity index is 472. The molecule has 1 N–H and O–H groups in total. The number of Topliss-reactive ketones (excluding diaryl/α,β-unsaturated/α-hetero) is 1. The number of fused-ring (bicyclic) bond motifs is 1. The molecule has 2 heteroatoms. The summed E-state index contributed by atoms with van der Waals surface area (Å²) in [5.41, 5.74) is 3.26. The third-order valence-corrected chi connectivity index (χ3v) is 4.29. The van der Waals surface area contributed by atoms with Crippen molar-refractivity contribution in [3.63, 3.8) is 0 Å². The number of benzene rings is 1. The largest absolute Gasteiger partial charge is 0.379 e. The maximum absolute atomic E-state index is 11.6. The quantitative estimate of drug-likeness (QED) is 0.747. The number of anilines is 1. The van der Waals surface area contributed by atoms with E-state index in [0.29, 0.717) is 0 Å². The summed E-state index contributed by atoms with van der Waals surface area (Å²) in [6.45, 7) is 10.6. The summed E-state index contributed by atoms with van der Waals surface area (Å²) in [5, 5.41) is 3.56. The van der Waals surface area contributed by atoms with Crippen LogP contribution < -0.4 is 5.32 Å². The Balaban J connectivity index is 2.57. The highest BCUT2D eigenvalue weighted by Gasteiger charge is 2.41. The second-order valence-corrected chi connectivity index (χ2v) is 6.21. The van der Waals surface area contributed by atoms with E-state index in [2.05, 4.69) is 39.1 Å². The van der Waals surface area contributed by atoms with Gasteiger partial charge in [0.2, 0.25) is 0 Å². The minimum absolute atomic E-state index is 0.00838. The summed E-state index contributed by atoms with van der Waals surface area (Å²) in [5.74, 6) is 0.129. The van der Waals surface area contributed by atoms with E-state index in [9.17, 15) is 4.79 Å². The molecule has 2 rings (SSSR count). The molecule has 0 unspecified atom stereocenters. The summed E-state index contributed by atoms with van der Waals surface area (Å²) >= 11 is 0. The first-order valence-corrected chi connectivity index (χ1v) is 6.16. The van der Waals surface area contributed by atoms with E-state index in [-0.39, 0.29) is 16.7 Å². The Morgan fingerprint density at radius 3 is 2.47 bits per heavy atom. The lowest BCUT2D eigenvalue weighted by atomic mass is 9.67. The first kappa shape index (κ1) is 12.2. The van der Waals surface area contributed by atoms with Gasteiger partial charge in [-0.1, -0.05) is 26.0 Å². The Labute approximate surface area is 103 Å². The van der Waals surface area contributed by atoms with Crippen molar-refractivity contribution in [1.82, 2.24) is 0 Å². The van der Waals surface area contributed by atoms with Crippen LogP contribution >= 0.6 is 0 Å². The molecule has 0 saturated heterocycles. The van der Waals surface area contributed by atoms with E-state index in [0.717, 1.165) is 17.7 Å². The van der Waals surface area contributed by atoms with Crippen molar-refractivity contribution in [2.75, 3.05) is 5.32 Å². The predicted molar refractivity (Wildman–Crippen MR) is 71.6 cm³/mol. The molecule has 1 aromatic rings. The fourth-order valence-corrected chi connectivity index (χ4v) is 2.37. The zero-order chi connectivity index (χ0) is 12.8. The van der Waals surface area contributed by atoms with Crippen LogP contribution in [-0.2, 0) is 6.42 Å². The topological polar surface area (TPSA) is 29.1 Å². The highest BCUT2D eigenvalue weighted by atomic mass is 16.1. The Hall–Kier alpha value is -1.31. The molecule has 0 bridgehead atoms. The van der Waals surface area contributed by atoms with Crippen LogP contribution in [0.5, 0.6) is 0 Å². The van der Waals surface area contributed by atoms with E-state index >= 15 is 0 Å². The van der Waals surface area contributed by atoms with Crippen LogP contribution in [0.3, 0.4) is 0 Å². The zero-order valence-corrected chi connectivity index (χ0v) is 11.3. The van der Waals surface area contributed by atoms with Crippen molar-refractivity contribution in [2.24, 2.45) is 5.41 Å². The number of ketones is 1. The van der Waals surface area contributed by atoms with Gasteiger partial charge in [-0.2, -0.15) is 0 Å². The molecule has 0 spiro atoms. The Morgan fingerprint density at radius 1 is 1.24 bits per heavy atom. The van der Waals surface area contributed by atoms with Crippen molar-refractivity contribution in [3.05, 3.63) is 29.3 Å². The second kappa shape index (κ2) is 3.59. The van der Waals surface area contributed by atoms with Gasteiger partial charge in [-0.05, 0) is 44.2 Å². The lowest BCUT2D eigenvalue weighted by molar-refractivity contribution is 0.101. The molecular weight excluding hydrogens is 210 g/mol. The SMILES string of the molecule is CC(=O)c1cccc2c1NC(C)(C)C(C)(C)C2. The first-order valence-electron chi connectivity index (χ1n) is 6.16. The molecule has 0 amide bonds. The maximum atomic E-state index is 11.6. The summed E-state index contributed by atoms with van der Waals surface area (Å²) in [6, 6.07) is 6.00. The van der Waals surface area contributed by atoms with Crippen molar-refractivity contribution < 1.29 is 4.79 Å². The van der Waals surface area contributed by atoms with Gasteiger partial charge in [0.25, 0.3) is 0 Å². The van der Waals surface area contributed by atoms with Gasteiger partial charge < -0.3 is 5.32 Å². The number of hydrogen-bond donors (Lipinski definition) is 1. The van der Waals surface area contributed by atoms with Crippen LogP contribution in [0.4, 0.5) is 5.69 Å². The van der Waals surface area contributed by atoms with Crippen molar-refractivity contribution in [3.8, 4) is 0 Å². The fraction of sp³-hybridized carbons (Fsp3) is 0.533. The standard InChI is InChI=1S/C15H21NO/c1-10(17)12-8-6-7-11-9-14(2,3)15(4,5)16-13(11)12/h6-8,16H,9H2,1-5H3. The predicted octanol–water partition coefficient (Wildman–Crippen LogP) is 3.66. The lowest BCUT2D eigenvalue weighted by Crippen LogP contribution is -2.50. The Kier molecular flexibility index (Phi) is 2.57. The molecule has 0 aromatic heterocycles. The normalized spacial score (nSPS) is 20.3. The molecular formula is C15H21NO. The number of nitrogens with one attached hydrogen (secondary N) is 1. The highest BCUT2D eigenvalue weighted by Crippen LogP contribution is 2.44. The summed E-state index contributed by atoms with van der Waals surface area (Å²) in [4.78, 5) is 11.6. The van der Waals surface area contributed by atoms with Gasteiger partial charge in [0.05, 0.1) is 0 Å². The van der Waals surface area contributed by atoms with Crippen LogP contribution in [0.2, 0.25) is 0 Å². The van der Waals surface area contributed by atoms with Gasteiger partial charge in [0.15, 0.2) is 5.78 Å². The number of rotatable bonds is 1. The molecule has 0 saturated carbocycles. The average Bonchev–Trinajstić information content (AvgIpc) is 2.17. The molecule has 92 valence electrons. The van der Waals surface area contributed by atoms with E-state index in [1.54, 1.807) is 6.92 Å². The minimum atomic E-state index is -0.00838. The number of hydrogen-bond acceptors (Lipinski definition) is 2. The van der Waals surface area contributed by atoms with Crippen molar-refractivity contribution in [1.29, 1.82) is 0 Å². The maximum Gasteiger partial charge on any atom is 0.161 e. The van der Waals surface area contributed by atoms with Gasteiger partial charge in [-0.3, -0.25) is 4.79 Å². The number of carbonyl (C=O) groups excluding carboxylic acids is 1. The average molecular weight is 231 g/mol. The van der Waals surface area contributed by atoms with Crippen LogP contribution in [0, 0.1) is 5.41 Å². The van der Waals surface area contributed by atoms with Crippen LogP contribution in [-0.4, -0.2) is 11.3 Å². The molecule has 1 heterocycles. The smallest absolute Gasteiger partial charge is 0.161 e. The van der Waals surface area contributed by atoms with Crippen LogP contribution in [0.25, 0.3) is 0 Å². The zero-order valence-electron chi connectivity index (χ0n) is 11.3. The lowest BCUT2D eigenvalue weighted by Gasteiger charge is -2.48. The molecule has 1 aliphatic rings. The molecule has 0 fully saturated rings. The number of carbonyl (C=O) groups is 1. The Morgan fingerprint density at radius 2 is 1.88 bits per heavy atom. The monoisotopic (exact) mass is 231 g/mol. The number of para-hydroxylation sites is 1. The van der Waals surface area contributed by atoms with Gasteiger partial charge in [0, 0.05) is 16.8 Å². The molecule has 2 nitrogen and oxygen atoms in total. The molecule has 17 heavy (non-hydrogen) atoms.